The summed E-state index contributed by atoms with van der Waals surface area (Å²) >= 11 is 0.890. The largest absolute Gasteiger partial charge is 0.477 e. The third kappa shape index (κ3) is 2.49. The predicted octanol–water partition coefficient (Wildman–Crippen LogP) is 1.01. The molecule has 0 spiro atoms. The zero-order valence-corrected chi connectivity index (χ0v) is 10.9. The van der Waals surface area contributed by atoms with E-state index >= 15 is 0 Å². The Morgan fingerprint density at radius 3 is 2.71 bits per heavy atom. The molecule has 7 heteroatoms. The molecular weight excluding hydrogens is 262 g/mol. The molecule has 0 aliphatic heterocycles. The van der Waals surface area contributed by atoms with Gasteiger partial charge in [0.15, 0.2) is 0 Å². The summed E-state index contributed by atoms with van der Waals surface area (Å²) in [7, 11) is -2.53. The summed E-state index contributed by atoms with van der Waals surface area (Å²) in [5.74, 6) is 0.953. The Hall–Kier alpha value is -1.36. The van der Waals surface area contributed by atoms with Crippen molar-refractivity contribution in [1.82, 2.24) is 4.31 Å². The number of carbonyl (C=O) groups is 1. The Balaban J connectivity index is 3.39. The maximum Gasteiger partial charge on any atom is 0.347 e. The van der Waals surface area contributed by atoms with Crippen LogP contribution in [0.4, 0.5) is 0 Å². The van der Waals surface area contributed by atoms with Gasteiger partial charge in [0.25, 0.3) is 0 Å². The molecule has 1 rings (SSSR count). The average Bonchev–Trinajstić information content (AvgIpc) is 2.61. The van der Waals surface area contributed by atoms with Crippen LogP contribution in [0.5, 0.6) is 0 Å². The van der Waals surface area contributed by atoms with Crippen LogP contribution in [-0.2, 0) is 10.0 Å². The molecule has 0 aliphatic carbocycles. The fourth-order valence-electron chi connectivity index (χ4n) is 1.27. The Labute approximate surface area is 104 Å². The zero-order valence-electron chi connectivity index (χ0n) is 9.30. The van der Waals surface area contributed by atoms with Gasteiger partial charge in [-0.05, 0) is 17.9 Å². The second kappa shape index (κ2) is 4.87. The molecule has 0 atom stereocenters. The summed E-state index contributed by atoms with van der Waals surface area (Å²) in [6, 6.07) is 0. The lowest BCUT2D eigenvalue weighted by atomic mass is 10.3. The van der Waals surface area contributed by atoms with E-state index in [0.717, 1.165) is 15.6 Å². The number of terminal acetylenes is 1. The maximum atomic E-state index is 12.1. The number of sulfonamides is 1. The lowest BCUT2D eigenvalue weighted by molar-refractivity contribution is 0.0698. The molecule has 1 aromatic heterocycles. The minimum Gasteiger partial charge on any atom is -0.477 e. The van der Waals surface area contributed by atoms with Gasteiger partial charge < -0.3 is 5.11 Å². The van der Waals surface area contributed by atoms with Gasteiger partial charge in [0.2, 0.25) is 10.0 Å². The van der Waals surface area contributed by atoms with Crippen LogP contribution in [0.2, 0.25) is 0 Å². The first-order valence-corrected chi connectivity index (χ1v) is 6.85. The maximum absolute atomic E-state index is 12.1. The SMILES string of the molecule is C#CCN(C)S(=O)(=O)c1c(C)csc1C(=O)O. The molecule has 0 amide bonds. The smallest absolute Gasteiger partial charge is 0.347 e. The molecule has 0 saturated carbocycles. The highest BCUT2D eigenvalue weighted by Gasteiger charge is 2.29. The van der Waals surface area contributed by atoms with Crippen LogP contribution in [0.25, 0.3) is 0 Å². The molecule has 1 heterocycles. The standard InChI is InChI=1S/C10H11NO4S2/c1-4-5-11(3)17(14,15)9-7(2)6-16-8(9)10(12)13/h1,6H,5H2,2-3H3,(H,12,13). The second-order valence-electron chi connectivity index (χ2n) is 3.35. The molecule has 0 aromatic carbocycles. The van der Waals surface area contributed by atoms with E-state index in [9.17, 15) is 13.2 Å². The van der Waals surface area contributed by atoms with E-state index in [1.807, 2.05) is 0 Å². The van der Waals surface area contributed by atoms with Gasteiger partial charge in [0, 0.05) is 7.05 Å². The van der Waals surface area contributed by atoms with Crippen molar-refractivity contribution in [2.75, 3.05) is 13.6 Å². The average molecular weight is 273 g/mol. The Morgan fingerprint density at radius 2 is 2.24 bits per heavy atom. The van der Waals surface area contributed by atoms with Crippen molar-refractivity contribution in [3.05, 3.63) is 15.8 Å². The van der Waals surface area contributed by atoms with Crippen LogP contribution >= 0.6 is 11.3 Å². The number of carboxylic acid groups (broad SMARTS) is 1. The third-order valence-corrected chi connectivity index (χ3v) is 5.30. The van der Waals surface area contributed by atoms with Crippen molar-refractivity contribution < 1.29 is 18.3 Å². The normalized spacial score (nSPS) is 11.4. The Morgan fingerprint density at radius 1 is 1.65 bits per heavy atom. The number of thiophene rings is 1. The highest BCUT2D eigenvalue weighted by atomic mass is 32.2. The molecule has 0 fully saturated rings. The van der Waals surface area contributed by atoms with Crippen molar-refractivity contribution in [2.24, 2.45) is 0 Å². The monoisotopic (exact) mass is 273 g/mol. The van der Waals surface area contributed by atoms with E-state index < -0.39 is 16.0 Å². The van der Waals surface area contributed by atoms with E-state index in [1.54, 1.807) is 6.92 Å². The summed E-state index contributed by atoms with van der Waals surface area (Å²) in [6.45, 7) is 1.45. The van der Waals surface area contributed by atoms with E-state index in [2.05, 4.69) is 5.92 Å². The fraction of sp³-hybridized carbons (Fsp3) is 0.300. The first kappa shape index (κ1) is 13.7. The number of nitrogens with zero attached hydrogens (tertiary/aromatic N) is 1. The Bertz CT molecular complexity index is 580. The molecule has 0 bridgehead atoms. The van der Waals surface area contributed by atoms with Gasteiger partial charge in [-0.1, -0.05) is 5.92 Å². The van der Waals surface area contributed by atoms with Crippen molar-refractivity contribution >= 4 is 27.3 Å². The molecule has 0 radical (unpaired) electrons. The fourth-order valence-corrected chi connectivity index (χ4v) is 3.93. The number of rotatable bonds is 4. The molecule has 0 aliphatic rings. The molecule has 1 N–H and O–H groups in total. The molecule has 5 nitrogen and oxygen atoms in total. The van der Waals surface area contributed by atoms with E-state index in [1.165, 1.54) is 12.4 Å². The van der Waals surface area contributed by atoms with E-state index in [0.29, 0.717) is 5.56 Å². The van der Waals surface area contributed by atoms with Gasteiger partial charge in [-0.25, -0.2) is 13.2 Å². The topological polar surface area (TPSA) is 74.7 Å². The number of aryl methyl sites for hydroxylation is 1. The van der Waals surface area contributed by atoms with Gasteiger partial charge in [-0.2, -0.15) is 4.31 Å². The van der Waals surface area contributed by atoms with Crippen LogP contribution in [0, 0.1) is 19.3 Å². The summed E-state index contributed by atoms with van der Waals surface area (Å²) < 4.78 is 25.2. The highest BCUT2D eigenvalue weighted by Crippen LogP contribution is 2.28. The summed E-state index contributed by atoms with van der Waals surface area (Å²) in [5.41, 5.74) is 0.413. The number of hydrogen-bond acceptors (Lipinski definition) is 4. The molecule has 0 saturated heterocycles. The van der Waals surface area contributed by atoms with Crippen molar-refractivity contribution in [3.63, 3.8) is 0 Å². The van der Waals surface area contributed by atoms with Gasteiger partial charge in [0.1, 0.15) is 9.77 Å². The number of hydrogen-bond donors (Lipinski definition) is 1. The predicted molar refractivity (Wildman–Crippen MR) is 64.7 cm³/mol. The molecular formula is C10H11NO4S2. The quantitative estimate of drug-likeness (QED) is 0.831. The first-order valence-electron chi connectivity index (χ1n) is 4.53. The van der Waals surface area contributed by atoms with Crippen LogP contribution in [0.15, 0.2) is 10.3 Å². The molecule has 17 heavy (non-hydrogen) atoms. The lowest BCUT2D eigenvalue weighted by Crippen LogP contribution is -2.28. The summed E-state index contributed by atoms with van der Waals surface area (Å²) in [4.78, 5) is 10.6. The Kier molecular flexibility index (Phi) is 3.93. The minimum atomic E-state index is -3.84. The van der Waals surface area contributed by atoms with Crippen molar-refractivity contribution in [2.45, 2.75) is 11.8 Å². The summed E-state index contributed by atoms with van der Waals surface area (Å²) in [5, 5.41) is 10.4. The zero-order chi connectivity index (χ0) is 13.2. The molecule has 1 aromatic rings. The number of carboxylic acids is 1. The van der Waals surface area contributed by atoms with Gasteiger partial charge >= 0.3 is 5.97 Å². The number of aromatic carboxylic acids is 1. The molecule has 0 unspecified atom stereocenters. The van der Waals surface area contributed by atoms with Gasteiger partial charge in [-0.3, -0.25) is 0 Å². The van der Waals surface area contributed by atoms with E-state index in [-0.39, 0.29) is 16.3 Å². The second-order valence-corrected chi connectivity index (χ2v) is 6.21. The first-order chi connectivity index (χ1) is 7.82. The van der Waals surface area contributed by atoms with Crippen molar-refractivity contribution in [1.29, 1.82) is 0 Å². The van der Waals surface area contributed by atoms with Crippen LogP contribution in [-0.4, -0.2) is 37.4 Å². The molecule has 92 valence electrons. The summed E-state index contributed by atoms with van der Waals surface area (Å²) in [6.07, 6.45) is 5.05. The van der Waals surface area contributed by atoms with E-state index in [4.69, 9.17) is 11.5 Å². The van der Waals surface area contributed by atoms with Crippen LogP contribution in [0.3, 0.4) is 0 Å². The van der Waals surface area contributed by atoms with Gasteiger partial charge in [-0.15, -0.1) is 17.8 Å². The lowest BCUT2D eigenvalue weighted by Gasteiger charge is -2.14. The van der Waals surface area contributed by atoms with Crippen LogP contribution < -0.4 is 0 Å². The van der Waals surface area contributed by atoms with Gasteiger partial charge in [0.05, 0.1) is 6.54 Å². The van der Waals surface area contributed by atoms with Crippen LogP contribution in [0.1, 0.15) is 15.2 Å². The van der Waals surface area contributed by atoms with Crippen molar-refractivity contribution in [3.8, 4) is 12.3 Å². The highest BCUT2D eigenvalue weighted by molar-refractivity contribution is 7.89. The third-order valence-electron chi connectivity index (χ3n) is 2.09. The minimum absolute atomic E-state index is 0.101.